The molecule has 0 radical (unpaired) electrons. The van der Waals surface area contributed by atoms with Crippen LogP contribution in [0.3, 0.4) is 0 Å². The minimum Gasteiger partial charge on any atom is -0.320 e. The van der Waals surface area contributed by atoms with Gasteiger partial charge in [0.25, 0.3) is 5.91 Å². The summed E-state index contributed by atoms with van der Waals surface area (Å²) in [4.78, 5) is 12.7. The highest BCUT2D eigenvalue weighted by atomic mass is 35.5. The SMILES string of the molecule is Cc1ccc(NC(=O)c2cc3c(F)cccc3s2)c(Cl)c1. The Hall–Kier alpha value is -1.91. The lowest BCUT2D eigenvalue weighted by Gasteiger charge is -2.06. The number of aryl methyl sites for hydroxylation is 1. The lowest BCUT2D eigenvalue weighted by atomic mass is 10.2. The van der Waals surface area contributed by atoms with Crippen LogP contribution in [-0.2, 0) is 0 Å². The molecule has 1 amide bonds. The van der Waals surface area contributed by atoms with Gasteiger partial charge in [0.2, 0.25) is 0 Å². The summed E-state index contributed by atoms with van der Waals surface area (Å²) in [5, 5.41) is 3.69. The van der Waals surface area contributed by atoms with Gasteiger partial charge in [0.1, 0.15) is 5.82 Å². The Kier molecular flexibility index (Phi) is 3.66. The number of anilines is 1. The first-order valence-corrected chi connectivity index (χ1v) is 7.49. The van der Waals surface area contributed by atoms with Crippen molar-refractivity contribution >= 4 is 44.6 Å². The molecule has 0 saturated heterocycles. The molecule has 3 aromatic rings. The van der Waals surface area contributed by atoms with Crippen LogP contribution in [0, 0.1) is 12.7 Å². The molecule has 0 spiro atoms. The molecule has 106 valence electrons. The van der Waals surface area contributed by atoms with Gasteiger partial charge in [-0.3, -0.25) is 4.79 Å². The van der Waals surface area contributed by atoms with E-state index in [2.05, 4.69) is 5.32 Å². The van der Waals surface area contributed by atoms with E-state index in [-0.39, 0.29) is 11.7 Å². The summed E-state index contributed by atoms with van der Waals surface area (Å²) >= 11 is 7.35. The Morgan fingerprint density at radius 1 is 1.24 bits per heavy atom. The van der Waals surface area contributed by atoms with Gasteiger partial charge in [-0.25, -0.2) is 4.39 Å². The molecule has 0 saturated carbocycles. The van der Waals surface area contributed by atoms with Crippen LogP contribution in [0.2, 0.25) is 5.02 Å². The van der Waals surface area contributed by atoms with Crippen LogP contribution in [0.1, 0.15) is 15.2 Å². The lowest BCUT2D eigenvalue weighted by molar-refractivity contribution is 0.103. The molecule has 0 unspecified atom stereocenters. The topological polar surface area (TPSA) is 29.1 Å². The molecule has 5 heteroatoms. The minimum absolute atomic E-state index is 0.290. The van der Waals surface area contributed by atoms with Gasteiger partial charge in [0.15, 0.2) is 0 Å². The van der Waals surface area contributed by atoms with Crippen LogP contribution >= 0.6 is 22.9 Å². The number of rotatable bonds is 2. The molecule has 1 aromatic heterocycles. The molecule has 2 nitrogen and oxygen atoms in total. The third kappa shape index (κ3) is 2.77. The highest BCUT2D eigenvalue weighted by Crippen LogP contribution is 2.29. The summed E-state index contributed by atoms with van der Waals surface area (Å²) in [5.74, 6) is -0.613. The molecule has 0 aliphatic rings. The van der Waals surface area contributed by atoms with E-state index in [1.807, 2.05) is 13.0 Å². The van der Waals surface area contributed by atoms with Gasteiger partial charge in [0.05, 0.1) is 15.6 Å². The van der Waals surface area contributed by atoms with E-state index in [0.717, 1.165) is 10.3 Å². The number of nitrogens with one attached hydrogen (secondary N) is 1. The molecule has 21 heavy (non-hydrogen) atoms. The fourth-order valence-electron chi connectivity index (χ4n) is 2.04. The maximum Gasteiger partial charge on any atom is 0.265 e. The highest BCUT2D eigenvalue weighted by Gasteiger charge is 2.13. The first-order valence-electron chi connectivity index (χ1n) is 6.30. The summed E-state index contributed by atoms with van der Waals surface area (Å²) in [5.41, 5.74) is 1.56. The van der Waals surface area contributed by atoms with Gasteiger partial charge in [-0.1, -0.05) is 23.7 Å². The van der Waals surface area contributed by atoms with Crippen molar-refractivity contribution in [2.45, 2.75) is 6.92 Å². The zero-order chi connectivity index (χ0) is 15.0. The summed E-state index contributed by atoms with van der Waals surface area (Å²) < 4.78 is 14.4. The molecular formula is C16H11ClFNOS. The predicted molar refractivity (Wildman–Crippen MR) is 85.9 cm³/mol. The fourth-order valence-corrected chi connectivity index (χ4v) is 3.30. The average Bonchev–Trinajstić information content (AvgIpc) is 2.87. The summed E-state index contributed by atoms with van der Waals surface area (Å²) in [6.07, 6.45) is 0. The van der Waals surface area contributed by atoms with Crippen molar-refractivity contribution in [3.63, 3.8) is 0 Å². The van der Waals surface area contributed by atoms with Crippen molar-refractivity contribution in [3.05, 3.63) is 63.7 Å². The van der Waals surface area contributed by atoms with E-state index in [1.54, 1.807) is 30.3 Å². The van der Waals surface area contributed by atoms with Crippen molar-refractivity contribution < 1.29 is 9.18 Å². The highest BCUT2D eigenvalue weighted by molar-refractivity contribution is 7.20. The van der Waals surface area contributed by atoms with Crippen LogP contribution in [-0.4, -0.2) is 5.91 Å². The number of amides is 1. The van der Waals surface area contributed by atoms with Gasteiger partial charge in [-0.2, -0.15) is 0 Å². The van der Waals surface area contributed by atoms with Crippen LogP contribution in [0.5, 0.6) is 0 Å². The Balaban J connectivity index is 1.92. The Labute approximate surface area is 130 Å². The summed E-state index contributed by atoms with van der Waals surface area (Å²) in [6, 6.07) is 11.8. The van der Waals surface area contributed by atoms with Crippen LogP contribution in [0.4, 0.5) is 10.1 Å². The first-order chi connectivity index (χ1) is 10.0. The molecule has 1 heterocycles. The lowest BCUT2D eigenvalue weighted by Crippen LogP contribution is -2.10. The smallest absolute Gasteiger partial charge is 0.265 e. The number of halogens is 2. The molecule has 0 bridgehead atoms. The van der Waals surface area contributed by atoms with Crippen LogP contribution in [0.15, 0.2) is 42.5 Å². The van der Waals surface area contributed by atoms with E-state index in [4.69, 9.17) is 11.6 Å². The number of carbonyl (C=O) groups excluding carboxylic acids is 1. The summed E-state index contributed by atoms with van der Waals surface area (Å²) in [7, 11) is 0. The van der Waals surface area contributed by atoms with Gasteiger partial charge < -0.3 is 5.32 Å². The second-order valence-electron chi connectivity index (χ2n) is 4.70. The molecule has 0 atom stereocenters. The minimum atomic E-state index is -0.323. The Bertz CT molecular complexity index is 843. The average molecular weight is 320 g/mol. The van der Waals surface area contributed by atoms with Crippen LogP contribution < -0.4 is 5.32 Å². The zero-order valence-corrected chi connectivity index (χ0v) is 12.7. The number of hydrogen-bond donors (Lipinski definition) is 1. The second kappa shape index (κ2) is 5.47. The van der Waals surface area contributed by atoms with Crippen molar-refractivity contribution in [2.75, 3.05) is 5.32 Å². The Morgan fingerprint density at radius 3 is 2.76 bits per heavy atom. The van der Waals surface area contributed by atoms with Gasteiger partial charge in [0, 0.05) is 10.1 Å². The standard InChI is InChI=1S/C16H11ClFNOS/c1-9-5-6-13(11(17)7-9)19-16(20)15-8-10-12(18)3-2-4-14(10)21-15/h2-8H,1H3,(H,19,20). The molecular weight excluding hydrogens is 309 g/mol. The predicted octanol–water partition coefficient (Wildman–Crippen LogP) is 5.25. The number of hydrogen-bond acceptors (Lipinski definition) is 2. The largest absolute Gasteiger partial charge is 0.320 e. The molecule has 1 N–H and O–H groups in total. The number of thiophene rings is 1. The van der Waals surface area contributed by atoms with E-state index in [9.17, 15) is 9.18 Å². The number of benzene rings is 2. The quantitative estimate of drug-likeness (QED) is 0.686. The molecule has 3 rings (SSSR count). The first kappa shape index (κ1) is 14.0. The van der Waals surface area contributed by atoms with Crippen molar-refractivity contribution in [1.29, 1.82) is 0 Å². The van der Waals surface area contributed by atoms with E-state index >= 15 is 0 Å². The van der Waals surface area contributed by atoms with E-state index < -0.39 is 0 Å². The fraction of sp³-hybridized carbons (Fsp3) is 0.0625. The second-order valence-corrected chi connectivity index (χ2v) is 6.19. The number of carbonyl (C=O) groups is 1. The van der Waals surface area contributed by atoms with Gasteiger partial charge >= 0.3 is 0 Å². The van der Waals surface area contributed by atoms with Crippen molar-refractivity contribution in [3.8, 4) is 0 Å². The third-order valence-corrected chi connectivity index (χ3v) is 4.52. The maximum atomic E-state index is 13.7. The Morgan fingerprint density at radius 2 is 2.05 bits per heavy atom. The van der Waals surface area contributed by atoms with Gasteiger partial charge in [-0.15, -0.1) is 11.3 Å². The molecule has 2 aromatic carbocycles. The molecule has 0 fully saturated rings. The zero-order valence-electron chi connectivity index (χ0n) is 11.1. The van der Waals surface area contributed by atoms with E-state index in [1.165, 1.54) is 17.4 Å². The normalized spacial score (nSPS) is 10.8. The third-order valence-electron chi connectivity index (χ3n) is 3.10. The molecule has 0 aliphatic heterocycles. The summed E-state index contributed by atoms with van der Waals surface area (Å²) in [6.45, 7) is 1.92. The van der Waals surface area contributed by atoms with Crippen LogP contribution in [0.25, 0.3) is 10.1 Å². The van der Waals surface area contributed by atoms with Crippen molar-refractivity contribution in [1.82, 2.24) is 0 Å². The van der Waals surface area contributed by atoms with E-state index in [0.29, 0.717) is 21.0 Å². The number of fused-ring (bicyclic) bond motifs is 1. The maximum absolute atomic E-state index is 13.7. The monoisotopic (exact) mass is 319 g/mol. The van der Waals surface area contributed by atoms with Crippen molar-refractivity contribution in [2.24, 2.45) is 0 Å². The molecule has 0 aliphatic carbocycles. The van der Waals surface area contributed by atoms with Gasteiger partial charge in [-0.05, 0) is 42.8 Å².